The molecule has 6 heteroatoms. The van der Waals surface area contributed by atoms with E-state index in [-0.39, 0.29) is 69.9 Å². The summed E-state index contributed by atoms with van der Waals surface area (Å²) in [5.74, 6) is 10.5. The van der Waals surface area contributed by atoms with Gasteiger partial charge in [0, 0.05) is 65.0 Å². The van der Waals surface area contributed by atoms with E-state index in [1.165, 1.54) is 0 Å². The van der Waals surface area contributed by atoms with Crippen LogP contribution in [0.5, 0.6) is 0 Å². The SMILES string of the molecule is CC1C(C)C(C)C(C)C1C.CC1C(C)C(C)C(C)C1C.[CH3-].[CH3-].[CH3-].[CH3-].[Ir].[Ir].c1cnc(-c2ncccn2)nc1. The third-order valence-corrected chi connectivity index (χ3v) is 9.62. The first-order valence-electron chi connectivity index (χ1n) is 12.6. The fourth-order valence-corrected chi connectivity index (χ4v) is 5.62. The first-order chi connectivity index (χ1) is 15.1. The van der Waals surface area contributed by atoms with Crippen LogP contribution in [0.2, 0.25) is 0 Å². The summed E-state index contributed by atoms with van der Waals surface area (Å²) in [6.45, 7) is 24.0. The van der Waals surface area contributed by atoms with Crippen molar-refractivity contribution in [3.8, 4) is 11.6 Å². The Labute approximate surface area is 265 Å². The summed E-state index contributed by atoms with van der Waals surface area (Å²) in [7, 11) is 0. The van der Waals surface area contributed by atoms with E-state index >= 15 is 0 Å². The molecule has 2 saturated carbocycles. The molecule has 0 N–H and O–H groups in total. The molecule has 4 rings (SSSR count). The quantitative estimate of drug-likeness (QED) is 0.269. The predicted molar refractivity (Wildman–Crippen MR) is 160 cm³/mol. The minimum Gasteiger partial charge on any atom is -0.358 e. The van der Waals surface area contributed by atoms with Gasteiger partial charge in [-0.15, -0.1) is 0 Å². The fraction of sp³-hybridized carbons (Fsp3) is 0.625. The van der Waals surface area contributed by atoms with E-state index in [4.69, 9.17) is 0 Å². The second-order valence-electron chi connectivity index (χ2n) is 10.7. The molecule has 2 radical (unpaired) electrons. The normalized spacial score (nSPS) is 32.3. The summed E-state index contributed by atoms with van der Waals surface area (Å²) >= 11 is 0. The Bertz CT molecular complexity index is 635. The Kier molecular flexibility index (Phi) is 27.6. The molecule has 2 aromatic heterocycles. The fourth-order valence-electron chi connectivity index (χ4n) is 5.62. The molecule has 0 spiro atoms. The van der Waals surface area contributed by atoms with Gasteiger partial charge < -0.3 is 29.7 Å². The summed E-state index contributed by atoms with van der Waals surface area (Å²) in [4.78, 5) is 16.1. The maximum absolute atomic E-state index is 4.01. The molecule has 2 fully saturated rings. The first kappa shape index (κ1) is 47.3. The van der Waals surface area contributed by atoms with Crippen LogP contribution in [0.3, 0.4) is 0 Å². The van der Waals surface area contributed by atoms with Gasteiger partial charge in [-0.25, -0.2) is 19.9 Å². The standard InChI is InChI=1S/2C10H20.C8H6N4.4CH3.2Ir/c2*1-6-7(2)9(4)10(5)8(6)3;1-3-9-7(10-4-1)8-11-5-2-6-12-8;;;;;;/h2*6-10H,1-5H3;1-6H;4*1H3;;/q;;;4*-1;;. The third kappa shape index (κ3) is 11.9. The van der Waals surface area contributed by atoms with Crippen LogP contribution in [-0.2, 0) is 40.2 Å². The number of aromatic nitrogens is 4. The Morgan fingerprint density at radius 1 is 0.342 bits per heavy atom. The van der Waals surface area contributed by atoms with Crippen LogP contribution in [0, 0.1) is 88.9 Å². The van der Waals surface area contributed by atoms with Crippen LogP contribution in [-0.4, -0.2) is 19.9 Å². The Morgan fingerprint density at radius 2 is 0.474 bits per heavy atom. The van der Waals surface area contributed by atoms with Gasteiger partial charge in [0.2, 0.25) is 0 Å². The molecule has 2 aliphatic carbocycles. The molecule has 0 amide bonds. The molecule has 0 aliphatic heterocycles. The molecular weight excluding hydrogens is 825 g/mol. The maximum Gasteiger partial charge on any atom is 0.197 e. The van der Waals surface area contributed by atoms with Gasteiger partial charge in [-0.1, -0.05) is 69.2 Å². The van der Waals surface area contributed by atoms with Crippen molar-refractivity contribution in [2.45, 2.75) is 69.2 Å². The maximum atomic E-state index is 4.01. The molecular formula is C32H58Ir2N4-4. The summed E-state index contributed by atoms with van der Waals surface area (Å²) in [5.41, 5.74) is 0. The van der Waals surface area contributed by atoms with Gasteiger partial charge in [0.1, 0.15) is 0 Å². The van der Waals surface area contributed by atoms with Crippen molar-refractivity contribution >= 4 is 0 Å². The number of rotatable bonds is 1. The van der Waals surface area contributed by atoms with Crippen molar-refractivity contribution in [1.82, 2.24) is 19.9 Å². The van der Waals surface area contributed by atoms with Crippen molar-refractivity contribution in [3.05, 3.63) is 66.6 Å². The van der Waals surface area contributed by atoms with E-state index in [9.17, 15) is 0 Å². The van der Waals surface area contributed by atoms with Crippen molar-refractivity contribution in [2.24, 2.45) is 59.2 Å². The van der Waals surface area contributed by atoms with Crippen LogP contribution < -0.4 is 0 Å². The first-order valence-corrected chi connectivity index (χ1v) is 12.6. The third-order valence-electron chi connectivity index (χ3n) is 9.62. The van der Waals surface area contributed by atoms with E-state index in [1.54, 1.807) is 36.9 Å². The molecule has 0 bridgehead atoms. The Morgan fingerprint density at radius 3 is 0.605 bits per heavy atom. The average molecular weight is 883 g/mol. The second-order valence-corrected chi connectivity index (χ2v) is 10.7. The molecule has 0 unspecified atom stereocenters. The van der Waals surface area contributed by atoms with Crippen LogP contribution in [0.1, 0.15) is 69.2 Å². The summed E-state index contributed by atoms with van der Waals surface area (Å²) in [5, 5.41) is 0. The van der Waals surface area contributed by atoms with E-state index in [0.717, 1.165) is 59.2 Å². The molecule has 2 heterocycles. The molecule has 0 saturated heterocycles. The monoisotopic (exact) mass is 884 g/mol. The minimum absolute atomic E-state index is 0. The molecule has 0 aromatic carbocycles. The van der Waals surface area contributed by atoms with E-state index in [2.05, 4.69) is 89.2 Å². The molecule has 228 valence electrons. The summed E-state index contributed by atoms with van der Waals surface area (Å²) < 4.78 is 0. The summed E-state index contributed by atoms with van der Waals surface area (Å²) in [6.07, 6.45) is 6.66. The summed E-state index contributed by atoms with van der Waals surface area (Å²) in [6, 6.07) is 3.51. The largest absolute Gasteiger partial charge is 0.358 e. The van der Waals surface area contributed by atoms with Gasteiger partial charge >= 0.3 is 0 Å². The topological polar surface area (TPSA) is 51.6 Å². The Balaban J connectivity index is -0.000000134. The van der Waals surface area contributed by atoms with Crippen molar-refractivity contribution in [1.29, 1.82) is 0 Å². The van der Waals surface area contributed by atoms with Crippen molar-refractivity contribution < 1.29 is 40.2 Å². The van der Waals surface area contributed by atoms with Gasteiger partial charge in [-0.05, 0) is 71.3 Å². The molecule has 0 atom stereocenters. The minimum atomic E-state index is 0. The van der Waals surface area contributed by atoms with Crippen LogP contribution in [0.4, 0.5) is 0 Å². The smallest absolute Gasteiger partial charge is 0.197 e. The number of hydrogen-bond donors (Lipinski definition) is 0. The van der Waals surface area contributed by atoms with Crippen molar-refractivity contribution in [2.75, 3.05) is 0 Å². The van der Waals surface area contributed by atoms with Gasteiger partial charge in [0.15, 0.2) is 11.6 Å². The molecule has 2 aliphatic rings. The van der Waals surface area contributed by atoms with Gasteiger partial charge in [0.25, 0.3) is 0 Å². The number of nitrogens with zero attached hydrogens (tertiary/aromatic N) is 4. The van der Waals surface area contributed by atoms with Crippen molar-refractivity contribution in [3.63, 3.8) is 0 Å². The van der Waals surface area contributed by atoms with Gasteiger partial charge in [0.05, 0.1) is 0 Å². The van der Waals surface area contributed by atoms with E-state index in [1.807, 2.05) is 0 Å². The Hall–Kier alpha value is -0.541. The zero-order chi connectivity index (χ0) is 24.0. The van der Waals surface area contributed by atoms with E-state index in [0.29, 0.717) is 11.6 Å². The average Bonchev–Trinajstić information content (AvgIpc) is 3.11. The zero-order valence-electron chi connectivity index (χ0n) is 26.7. The zero-order valence-corrected chi connectivity index (χ0v) is 31.5. The van der Waals surface area contributed by atoms with Gasteiger partial charge in [-0.3, -0.25) is 0 Å². The van der Waals surface area contributed by atoms with Crippen LogP contribution >= 0.6 is 0 Å². The molecule has 38 heavy (non-hydrogen) atoms. The van der Waals surface area contributed by atoms with E-state index < -0.39 is 0 Å². The van der Waals surface area contributed by atoms with Crippen LogP contribution in [0.25, 0.3) is 11.6 Å². The molecule has 4 nitrogen and oxygen atoms in total. The van der Waals surface area contributed by atoms with Gasteiger partial charge in [-0.2, -0.15) is 0 Å². The van der Waals surface area contributed by atoms with Crippen LogP contribution in [0.15, 0.2) is 36.9 Å². The predicted octanol–water partition coefficient (Wildman–Crippen LogP) is 9.09. The second kappa shape index (κ2) is 22.2. The molecule has 2 aromatic rings. The number of hydrogen-bond acceptors (Lipinski definition) is 4.